The lowest BCUT2D eigenvalue weighted by Gasteiger charge is -2.31. The zero-order valence-electron chi connectivity index (χ0n) is 19.1. The van der Waals surface area contributed by atoms with Crippen molar-refractivity contribution in [3.05, 3.63) is 29.6 Å². The predicted molar refractivity (Wildman–Crippen MR) is 118 cm³/mol. The van der Waals surface area contributed by atoms with E-state index < -0.39 is 23.5 Å². The molecule has 3 amide bonds. The first-order chi connectivity index (χ1) is 14.7. The molecule has 0 saturated heterocycles. The van der Waals surface area contributed by atoms with E-state index in [0.717, 1.165) is 37.7 Å². The van der Waals surface area contributed by atoms with Gasteiger partial charge in [0.25, 0.3) is 0 Å². The highest BCUT2D eigenvalue weighted by atomic mass is 16.6. The number of nitrogens with zero attached hydrogens (tertiary/aromatic N) is 1. The van der Waals surface area contributed by atoms with Crippen LogP contribution in [0.15, 0.2) is 18.3 Å². The maximum atomic E-state index is 12.5. The minimum atomic E-state index is -0.707. The van der Waals surface area contributed by atoms with Crippen molar-refractivity contribution in [2.45, 2.75) is 84.4 Å². The van der Waals surface area contributed by atoms with Crippen molar-refractivity contribution in [1.29, 1.82) is 0 Å². The van der Waals surface area contributed by atoms with Gasteiger partial charge in [-0.1, -0.05) is 26.2 Å². The lowest BCUT2D eigenvalue weighted by molar-refractivity contribution is -0.140. The van der Waals surface area contributed by atoms with Crippen LogP contribution in [0.1, 0.15) is 71.1 Å². The van der Waals surface area contributed by atoms with Crippen LogP contribution in [-0.4, -0.2) is 41.1 Å². The van der Waals surface area contributed by atoms with Crippen LogP contribution in [-0.2, 0) is 27.3 Å². The number of nitrogens with one attached hydrogen (secondary N) is 3. The SMILES string of the molecule is CCc1ccnc(CNC(=O)C(=O)NC(CNC(=O)OC(C)(C)C)C2CCCCC2)c1. The van der Waals surface area contributed by atoms with Crippen LogP contribution in [0.2, 0.25) is 0 Å². The average Bonchev–Trinajstić information content (AvgIpc) is 2.74. The van der Waals surface area contributed by atoms with Crippen molar-refractivity contribution in [3.8, 4) is 0 Å². The third-order valence-electron chi connectivity index (χ3n) is 5.33. The molecule has 1 unspecified atom stereocenters. The minimum absolute atomic E-state index is 0.185. The molecule has 2 rings (SSSR count). The van der Waals surface area contributed by atoms with Crippen LogP contribution < -0.4 is 16.0 Å². The van der Waals surface area contributed by atoms with Crippen LogP contribution in [0.3, 0.4) is 0 Å². The Morgan fingerprint density at radius 1 is 1.13 bits per heavy atom. The van der Waals surface area contributed by atoms with Gasteiger partial charge in [0.05, 0.1) is 12.2 Å². The van der Waals surface area contributed by atoms with Gasteiger partial charge >= 0.3 is 17.9 Å². The monoisotopic (exact) mass is 432 g/mol. The summed E-state index contributed by atoms with van der Waals surface area (Å²) in [6.45, 7) is 7.83. The second-order valence-corrected chi connectivity index (χ2v) is 9.05. The number of hydrogen-bond acceptors (Lipinski definition) is 5. The second-order valence-electron chi connectivity index (χ2n) is 9.05. The van der Waals surface area contributed by atoms with Gasteiger partial charge in [-0.25, -0.2) is 4.79 Å². The molecule has 0 spiro atoms. The van der Waals surface area contributed by atoms with Gasteiger partial charge in [0.2, 0.25) is 0 Å². The van der Waals surface area contributed by atoms with E-state index in [1.54, 1.807) is 27.0 Å². The van der Waals surface area contributed by atoms with Crippen molar-refractivity contribution >= 4 is 17.9 Å². The van der Waals surface area contributed by atoms with Crippen molar-refractivity contribution in [1.82, 2.24) is 20.9 Å². The molecule has 0 bridgehead atoms. The zero-order valence-corrected chi connectivity index (χ0v) is 19.1. The third-order valence-corrected chi connectivity index (χ3v) is 5.33. The van der Waals surface area contributed by atoms with Crippen molar-refractivity contribution in [2.75, 3.05) is 6.54 Å². The van der Waals surface area contributed by atoms with E-state index >= 15 is 0 Å². The second kappa shape index (κ2) is 11.7. The van der Waals surface area contributed by atoms with Gasteiger partial charge in [-0.2, -0.15) is 0 Å². The molecule has 172 valence electrons. The molecule has 1 aliphatic carbocycles. The quantitative estimate of drug-likeness (QED) is 0.574. The Labute approximate surface area is 184 Å². The molecule has 1 aromatic rings. The molecule has 0 radical (unpaired) electrons. The number of ether oxygens (including phenoxy) is 1. The van der Waals surface area contributed by atoms with Crippen LogP contribution in [0.4, 0.5) is 4.79 Å². The van der Waals surface area contributed by atoms with Gasteiger partial charge in [-0.05, 0) is 63.6 Å². The van der Waals surface area contributed by atoms with Gasteiger partial charge in [-0.3, -0.25) is 14.6 Å². The number of aromatic nitrogens is 1. The maximum absolute atomic E-state index is 12.5. The van der Waals surface area contributed by atoms with Gasteiger partial charge in [0.15, 0.2) is 0 Å². The van der Waals surface area contributed by atoms with E-state index in [4.69, 9.17) is 4.74 Å². The molecule has 31 heavy (non-hydrogen) atoms. The van der Waals surface area contributed by atoms with Gasteiger partial charge in [0, 0.05) is 18.8 Å². The van der Waals surface area contributed by atoms with Crippen LogP contribution >= 0.6 is 0 Å². The lowest BCUT2D eigenvalue weighted by Crippen LogP contribution is -2.52. The molecule has 8 heteroatoms. The topological polar surface area (TPSA) is 109 Å². The van der Waals surface area contributed by atoms with Crippen LogP contribution in [0, 0.1) is 5.92 Å². The largest absolute Gasteiger partial charge is 0.444 e. The summed E-state index contributed by atoms with van der Waals surface area (Å²) >= 11 is 0. The number of rotatable bonds is 7. The summed E-state index contributed by atoms with van der Waals surface area (Å²) in [7, 11) is 0. The minimum Gasteiger partial charge on any atom is -0.444 e. The Hall–Kier alpha value is -2.64. The van der Waals surface area contributed by atoms with E-state index in [1.807, 2.05) is 19.1 Å². The zero-order chi connectivity index (χ0) is 22.9. The van der Waals surface area contributed by atoms with E-state index in [1.165, 1.54) is 6.42 Å². The number of amides is 3. The molecule has 3 N–H and O–H groups in total. The highest BCUT2D eigenvalue weighted by molar-refractivity contribution is 6.35. The molecule has 1 aromatic heterocycles. The number of hydrogen-bond donors (Lipinski definition) is 3. The summed E-state index contributed by atoms with van der Waals surface area (Å²) in [6.07, 6.45) is 7.27. The van der Waals surface area contributed by atoms with E-state index in [0.29, 0.717) is 5.69 Å². The van der Waals surface area contributed by atoms with Gasteiger partial charge in [0.1, 0.15) is 5.60 Å². The fraction of sp³-hybridized carbons (Fsp3) is 0.652. The number of aryl methyl sites for hydroxylation is 1. The molecule has 1 saturated carbocycles. The molecule has 1 fully saturated rings. The average molecular weight is 433 g/mol. The Morgan fingerprint density at radius 2 is 1.84 bits per heavy atom. The summed E-state index contributed by atoms with van der Waals surface area (Å²) in [5.41, 5.74) is 1.22. The Bertz CT molecular complexity index is 754. The maximum Gasteiger partial charge on any atom is 0.407 e. The summed E-state index contributed by atoms with van der Waals surface area (Å²) in [4.78, 5) is 41.1. The molecule has 0 aromatic carbocycles. The van der Waals surface area contributed by atoms with Crippen molar-refractivity contribution in [3.63, 3.8) is 0 Å². The Morgan fingerprint density at radius 3 is 2.48 bits per heavy atom. The highest BCUT2D eigenvalue weighted by Crippen LogP contribution is 2.26. The molecule has 0 aliphatic heterocycles. The van der Waals surface area contributed by atoms with E-state index in [2.05, 4.69) is 20.9 Å². The Balaban J connectivity index is 1.92. The fourth-order valence-corrected chi connectivity index (χ4v) is 3.71. The molecule has 1 aliphatic rings. The van der Waals surface area contributed by atoms with E-state index in [-0.39, 0.29) is 25.0 Å². The lowest BCUT2D eigenvalue weighted by atomic mass is 9.83. The standard InChI is InChI=1S/C23H36N4O4/c1-5-16-11-12-24-18(13-16)14-25-20(28)21(29)27-19(17-9-7-6-8-10-17)15-26-22(30)31-23(2,3)4/h11-13,17,19H,5-10,14-15H2,1-4H3,(H,25,28)(H,26,30)(H,27,29). The Kier molecular flexibility index (Phi) is 9.27. The number of carbonyl (C=O) groups excluding carboxylic acids is 3. The first-order valence-corrected chi connectivity index (χ1v) is 11.2. The fourth-order valence-electron chi connectivity index (χ4n) is 3.71. The normalized spacial score (nSPS) is 15.6. The van der Waals surface area contributed by atoms with Crippen LogP contribution in [0.25, 0.3) is 0 Å². The van der Waals surface area contributed by atoms with Crippen molar-refractivity contribution in [2.24, 2.45) is 5.92 Å². The number of alkyl carbamates (subject to hydrolysis) is 1. The summed E-state index contributed by atoms with van der Waals surface area (Å²) < 4.78 is 5.29. The third kappa shape index (κ3) is 8.94. The highest BCUT2D eigenvalue weighted by Gasteiger charge is 2.28. The molecule has 1 heterocycles. The molecule has 1 atom stereocenters. The molecule has 8 nitrogen and oxygen atoms in total. The first kappa shape index (κ1) is 24.6. The summed E-state index contributed by atoms with van der Waals surface area (Å²) in [5, 5.41) is 8.18. The van der Waals surface area contributed by atoms with Crippen molar-refractivity contribution < 1.29 is 19.1 Å². The van der Waals surface area contributed by atoms with Gasteiger partial charge < -0.3 is 20.7 Å². The van der Waals surface area contributed by atoms with Gasteiger partial charge in [-0.15, -0.1) is 0 Å². The predicted octanol–water partition coefficient (Wildman–Crippen LogP) is 2.85. The first-order valence-electron chi connectivity index (χ1n) is 11.2. The molecular formula is C23H36N4O4. The summed E-state index contributed by atoms with van der Waals surface area (Å²) in [5.74, 6) is -1.20. The number of carbonyl (C=O) groups is 3. The molecular weight excluding hydrogens is 396 g/mol. The van der Waals surface area contributed by atoms with E-state index in [9.17, 15) is 14.4 Å². The number of pyridine rings is 1. The smallest absolute Gasteiger partial charge is 0.407 e. The summed E-state index contributed by atoms with van der Waals surface area (Å²) in [6, 6.07) is 3.51. The van der Waals surface area contributed by atoms with Crippen LogP contribution in [0.5, 0.6) is 0 Å².